The van der Waals surface area contributed by atoms with Crippen molar-refractivity contribution in [1.29, 1.82) is 0 Å². The SMILES string of the molecule is COc1ccc(CNC(=O)[C@@H](C)OC(=O)CCC(=O)c2cccs2)cc1. The van der Waals surface area contributed by atoms with Crippen LogP contribution in [0, 0.1) is 0 Å². The number of rotatable bonds is 9. The Kier molecular flexibility index (Phi) is 7.35. The molecule has 0 saturated carbocycles. The Morgan fingerprint density at radius 3 is 2.46 bits per heavy atom. The highest BCUT2D eigenvalue weighted by atomic mass is 32.1. The number of nitrogens with one attached hydrogen (secondary N) is 1. The summed E-state index contributed by atoms with van der Waals surface area (Å²) in [6.07, 6.45) is -0.899. The maximum absolute atomic E-state index is 12.0. The third-order valence-electron chi connectivity index (χ3n) is 3.66. The van der Waals surface area contributed by atoms with Gasteiger partial charge in [0.05, 0.1) is 18.4 Å². The molecule has 1 N–H and O–H groups in total. The summed E-state index contributed by atoms with van der Waals surface area (Å²) in [5.74, 6) is -0.325. The molecule has 0 spiro atoms. The van der Waals surface area contributed by atoms with E-state index in [1.54, 1.807) is 36.8 Å². The molecule has 1 heterocycles. The minimum Gasteiger partial charge on any atom is -0.497 e. The van der Waals surface area contributed by atoms with E-state index in [4.69, 9.17) is 9.47 Å². The molecule has 0 fully saturated rings. The Hall–Kier alpha value is -2.67. The van der Waals surface area contributed by atoms with Crippen LogP contribution < -0.4 is 10.1 Å². The summed E-state index contributed by atoms with van der Waals surface area (Å²) in [6.45, 7) is 1.82. The molecule has 0 unspecified atom stereocenters. The lowest BCUT2D eigenvalue weighted by Crippen LogP contribution is -2.35. The molecule has 1 amide bonds. The Morgan fingerprint density at radius 1 is 1.12 bits per heavy atom. The lowest BCUT2D eigenvalue weighted by molar-refractivity contribution is -0.154. The van der Waals surface area contributed by atoms with Crippen molar-refractivity contribution in [3.8, 4) is 5.75 Å². The number of carbonyl (C=O) groups is 3. The van der Waals surface area contributed by atoms with E-state index in [1.165, 1.54) is 18.3 Å². The first-order valence-electron chi connectivity index (χ1n) is 8.16. The fourth-order valence-corrected chi connectivity index (χ4v) is 2.86. The van der Waals surface area contributed by atoms with Crippen LogP contribution in [0.1, 0.15) is 35.0 Å². The van der Waals surface area contributed by atoms with Gasteiger partial charge in [-0.2, -0.15) is 0 Å². The number of ketones is 1. The highest BCUT2D eigenvalue weighted by Gasteiger charge is 2.18. The van der Waals surface area contributed by atoms with Gasteiger partial charge >= 0.3 is 5.97 Å². The molecule has 0 aliphatic heterocycles. The molecule has 1 aromatic carbocycles. The molecule has 26 heavy (non-hydrogen) atoms. The van der Waals surface area contributed by atoms with Crippen molar-refractivity contribution in [2.24, 2.45) is 0 Å². The molecular formula is C19H21NO5S. The lowest BCUT2D eigenvalue weighted by Gasteiger charge is -2.13. The van der Waals surface area contributed by atoms with E-state index in [1.807, 2.05) is 12.1 Å². The highest BCUT2D eigenvalue weighted by molar-refractivity contribution is 7.12. The largest absolute Gasteiger partial charge is 0.497 e. The molecule has 0 saturated heterocycles. The summed E-state index contributed by atoms with van der Waals surface area (Å²) in [7, 11) is 1.58. The molecular weight excluding hydrogens is 354 g/mol. The third kappa shape index (κ3) is 6.00. The third-order valence-corrected chi connectivity index (χ3v) is 4.57. The van der Waals surface area contributed by atoms with Crippen molar-refractivity contribution in [3.05, 3.63) is 52.2 Å². The van der Waals surface area contributed by atoms with Crippen molar-refractivity contribution in [1.82, 2.24) is 5.32 Å². The average molecular weight is 375 g/mol. The van der Waals surface area contributed by atoms with Crippen LogP contribution in [0.25, 0.3) is 0 Å². The zero-order chi connectivity index (χ0) is 18.9. The number of Topliss-reactive ketones (excluding diaryl/α,β-unsaturated/α-hetero) is 1. The maximum Gasteiger partial charge on any atom is 0.307 e. The van der Waals surface area contributed by atoms with Crippen LogP contribution in [-0.4, -0.2) is 30.9 Å². The van der Waals surface area contributed by atoms with Gasteiger partial charge in [0.2, 0.25) is 0 Å². The number of hydrogen-bond acceptors (Lipinski definition) is 6. The van der Waals surface area contributed by atoms with E-state index >= 15 is 0 Å². The van der Waals surface area contributed by atoms with E-state index < -0.39 is 18.0 Å². The van der Waals surface area contributed by atoms with Gasteiger partial charge in [-0.1, -0.05) is 18.2 Å². The van der Waals surface area contributed by atoms with Gasteiger partial charge < -0.3 is 14.8 Å². The Morgan fingerprint density at radius 2 is 1.85 bits per heavy atom. The van der Waals surface area contributed by atoms with Gasteiger partial charge in [-0.05, 0) is 36.1 Å². The number of ether oxygens (including phenoxy) is 2. The van der Waals surface area contributed by atoms with Crippen LogP contribution in [0.15, 0.2) is 41.8 Å². The molecule has 6 nitrogen and oxygen atoms in total. The van der Waals surface area contributed by atoms with Gasteiger partial charge in [0.25, 0.3) is 5.91 Å². The summed E-state index contributed by atoms with van der Waals surface area (Å²) in [5, 5.41) is 4.51. The number of hydrogen-bond donors (Lipinski definition) is 1. The zero-order valence-corrected chi connectivity index (χ0v) is 15.5. The second kappa shape index (κ2) is 9.72. The quantitative estimate of drug-likeness (QED) is 0.538. The molecule has 0 aliphatic carbocycles. The van der Waals surface area contributed by atoms with Crippen molar-refractivity contribution < 1.29 is 23.9 Å². The van der Waals surface area contributed by atoms with Crippen molar-refractivity contribution in [2.45, 2.75) is 32.4 Å². The second-order valence-corrected chi connectivity index (χ2v) is 6.55. The lowest BCUT2D eigenvalue weighted by atomic mass is 10.2. The minimum absolute atomic E-state index is 0.0488. The Balaban J connectivity index is 1.71. The number of benzene rings is 1. The molecule has 1 aromatic heterocycles. The van der Waals surface area contributed by atoms with Crippen LogP contribution in [0.5, 0.6) is 5.75 Å². The summed E-state index contributed by atoms with van der Waals surface area (Å²) >= 11 is 1.33. The van der Waals surface area contributed by atoms with E-state index in [2.05, 4.69) is 5.32 Å². The van der Waals surface area contributed by atoms with Crippen molar-refractivity contribution >= 4 is 29.0 Å². The predicted octanol–water partition coefficient (Wildman–Crippen LogP) is 2.97. The highest BCUT2D eigenvalue weighted by Crippen LogP contribution is 2.13. The van der Waals surface area contributed by atoms with E-state index in [0.29, 0.717) is 11.4 Å². The van der Waals surface area contributed by atoms with Gasteiger partial charge in [-0.3, -0.25) is 14.4 Å². The normalized spacial score (nSPS) is 11.5. The zero-order valence-electron chi connectivity index (χ0n) is 14.7. The number of carbonyl (C=O) groups excluding carboxylic acids is 3. The first-order valence-corrected chi connectivity index (χ1v) is 9.04. The molecule has 0 aliphatic rings. The summed E-state index contributed by atoms with van der Waals surface area (Å²) in [4.78, 5) is 36.3. The molecule has 0 bridgehead atoms. The van der Waals surface area contributed by atoms with Crippen molar-refractivity contribution in [2.75, 3.05) is 7.11 Å². The number of methoxy groups -OCH3 is 1. The smallest absolute Gasteiger partial charge is 0.307 e. The minimum atomic E-state index is -0.919. The molecule has 2 aromatic rings. The average Bonchev–Trinajstić information content (AvgIpc) is 3.19. The Bertz CT molecular complexity index is 740. The van der Waals surface area contributed by atoms with Gasteiger partial charge in [-0.15, -0.1) is 11.3 Å². The van der Waals surface area contributed by atoms with Crippen LogP contribution in [-0.2, 0) is 20.9 Å². The van der Waals surface area contributed by atoms with E-state index in [9.17, 15) is 14.4 Å². The fraction of sp³-hybridized carbons (Fsp3) is 0.316. The van der Waals surface area contributed by atoms with Gasteiger partial charge in [0.1, 0.15) is 5.75 Å². The van der Waals surface area contributed by atoms with Gasteiger partial charge in [-0.25, -0.2) is 0 Å². The molecule has 7 heteroatoms. The molecule has 2 rings (SSSR count). The summed E-state index contributed by atoms with van der Waals surface area (Å²) in [6, 6.07) is 10.8. The fourth-order valence-electron chi connectivity index (χ4n) is 2.16. The van der Waals surface area contributed by atoms with Gasteiger partial charge in [0.15, 0.2) is 11.9 Å². The first kappa shape index (κ1) is 19.7. The van der Waals surface area contributed by atoms with Crippen LogP contribution in [0.3, 0.4) is 0 Å². The van der Waals surface area contributed by atoms with Crippen LogP contribution >= 0.6 is 11.3 Å². The van der Waals surface area contributed by atoms with E-state index in [-0.39, 0.29) is 18.6 Å². The van der Waals surface area contributed by atoms with Gasteiger partial charge in [0, 0.05) is 13.0 Å². The van der Waals surface area contributed by atoms with Crippen LogP contribution in [0.2, 0.25) is 0 Å². The number of amides is 1. The summed E-state index contributed by atoms with van der Waals surface area (Å²) < 4.78 is 10.2. The summed E-state index contributed by atoms with van der Waals surface area (Å²) in [5.41, 5.74) is 0.902. The first-order chi connectivity index (χ1) is 12.5. The topological polar surface area (TPSA) is 81.7 Å². The molecule has 138 valence electrons. The Labute approximate surface area is 156 Å². The molecule has 0 radical (unpaired) electrons. The monoisotopic (exact) mass is 375 g/mol. The standard InChI is InChI=1S/C19H21NO5S/c1-13(19(23)20-12-14-5-7-15(24-2)8-6-14)25-18(22)10-9-16(21)17-4-3-11-26-17/h3-8,11,13H,9-10,12H2,1-2H3,(H,20,23)/t13-/m1/s1. The number of thiophene rings is 1. The number of esters is 1. The maximum atomic E-state index is 12.0. The predicted molar refractivity (Wildman–Crippen MR) is 98.3 cm³/mol. The van der Waals surface area contributed by atoms with E-state index in [0.717, 1.165) is 11.3 Å². The second-order valence-electron chi connectivity index (χ2n) is 5.60. The molecule has 1 atom stereocenters. The van der Waals surface area contributed by atoms with Crippen molar-refractivity contribution in [3.63, 3.8) is 0 Å². The van der Waals surface area contributed by atoms with Crippen LogP contribution in [0.4, 0.5) is 0 Å².